The minimum Gasteiger partial charge on any atom is -0.388 e. The van der Waals surface area contributed by atoms with Crippen LogP contribution in [0.25, 0.3) is 0 Å². The largest absolute Gasteiger partial charge is 0.388 e. The lowest BCUT2D eigenvalue weighted by Gasteiger charge is -2.23. The second-order valence-corrected chi connectivity index (χ2v) is 5.66. The fourth-order valence-corrected chi connectivity index (χ4v) is 2.86. The first kappa shape index (κ1) is 11.2. The van der Waals surface area contributed by atoms with E-state index in [1.54, 1.807) is 0 Å². The number of β-amino-alcohol motifs (C(OH)–C–C–N with tert-alkyl or cyclic N) is 1. The second kappa shape index (κ2) is 4.43. The number of nitrogens with zero attached hydrogens (tertiary/aromatic N) is 1. The van der Waals surface area contributed by atoms with Crippen molar-refractivity contribution >= 4 is 0 Å². The van der Waals surface area contributed by atoms with Gasteiger partial charge in [-0.05, 0) is 37.7 Å². The van der Waals surface area contributed by atoms with Crippen LogP contribution in [0.1, 0.15) is 31.2 Å². The Balaban J connectivity index is 1.54. The third kappa shape index (κ3) is 2.70. The van der Waals surface area contributed by atoms with Crippen molar-refractivity contribution in [2.75, 3.05) is 13.1 Å². The Morgan fingerprint density at radius 2 is 2.00 bits per heavy atom. The number of aliphatic hydroxyl groups is 1. The summed E-state index contributed by atoms with van der Waals surface area (Å²) in [6.45, 7) is 1.99. The zero-order chi connectivity index (χ0) is 11.7. The average molecular weight is 231 g/mol. The molecule has 1 atom stereocenters. The second-order valence-electron chi connectivity index (χ2n) is 5.66. The molecule has 0 amide bonds. The van der Waals surface area contributed by atoms with E-state index in [-0.39, 0.29) is 0 Å². The van der Waals surface area contributed by atoms with Crippen molar-refractivity contribution in [3.05, 3.63) is 35.9 Å². The lowest BCUT2D eigenvalue weighted by molar-refractivity contribution is 0.0400. The molecule has 1 unspecified atom stereocenters. The summed E-state index contributed by atoms with van der Waals surface area (Å²) in [6.07, 6.45) is 5.54. The Morgan fingerprint density at radius 3 is 2.71 bits per heavy atom. The molecule has 2 nitrogen and oxygen atoms in total. The third-order valence-electron chi connectivity index (χ3n) is 4.15. The van der Waals surface area contributed by atoms with E-state index in [9.17, 15) is 5.11 Å². The Bertz CT molecular complexity index is 374. The topological polar surface area (TPSA) is 23.5 Å². The summed E-state index contributed by atoms with van der Waals surface area (Å²) in [4.78, 5) is 2.48. The standard InChI is InChI=1S/C15H21NO/c17-15(9-8-13-4-2-1-3-5-13)10-11-16(12-15)14-6-7-14/h1-5,14,17H,6-12H2. The van der Waals surface area contributed by atoms with Crippen molar-refractivity contribution in [1.29, 1.82) is 0 Å². The molecule has 3 rings (SSSR count). The number of hydrogen-bond acceptors (Lipinski definition) is 2. The van der Waals surface area contributed by atoms with Gasteiger partial charge in [-0.2, -0.15) is 0 Å². The van der Waals surface area contributed by atoms with Crippen molar-refractivity contribution in [1.82, 2.24) is 4.90 Å². The van der Waals surface area contributed by atoms with Crippen molar-refractivity contribution in [3.8, 4) is 0 Å². The van der Waals surface area contributed by atoms with Crippen molar-refractivity contribution in [2.45, 2.75) is 43.7 Å². The first-order chi connectivity index (χ1) is 8.25. The van der Waals surface area contributed by atoms with Crippen LogP contribution in [0.5, 0.6) is 0 Å². The van der Waals surface area contributed by atoms with E-state index < -0.39 is 5.60 Å². The predicted octanol–water partition coefficient (Wildman–Crippen LogP) is 2.22. The molecule has 1 saturated carbocycles. The molecule has 2 heteroatoms. The van der Waals surface area contributed by atoms with Crippen molar-refractivity contribution in [3.63, 3.8) is 0 Å². The molecule has 2 fully saturated rings. The maximum Gasteiger partial charge on any atom is 0.0789 e. The molecule has 1 aromatic carbocycles. The molecule has 0 radical (unpaired) electrons. The number of rotatable bonds is 4. The van der Waals surface area contributed by atoms with Crippen LogP contribution >= 0.6 is 0 Å². The van der Waals surface area contributed by atoms with Crippen LogP contribution in [-0.4, -0.2) is 34.7 Å². The maximum absolute atomic E-state index is 10.6. The van der Waals surface area contributed by atoms with Crippen LogP contribution in [0.3, 0.4) is 0 Å². The van der Waals surface area contributed by atoms with E-state index in [0.717, 1.165) is 38.4 Å². The van der Waals surface area contributed by atoms with Crippen molar-refractivity contribution < 1.29 is 5.11 Å². The molecule has 1 heterocycles. The number of benzene rings is 1. The Morgan fingerprint density at radius 1 is 1.24 bits per heavy atom. The lowest BCUT2D eigenvalue weighted by atomic mass is 9.94. The average Bonchev–Trinajstić information content (AvgIpc) is 3.13. The summed E-state index contributed by atoms with van der Waals surface area (Å²) in [5.41, 5.74) is 0.907. The Hall–Kier alpha value is -0.860. The highest BCUT2D eigenvalue weighted by Crippen LogP contribution is 2.35. The predicted molar refractivity (Wildman–Crippen MR) is 68.9 cm³/mol. The van der Waals surface area contributed by atoms with E-state index in [1.165, 1.54) is 18.4 Å². The highest BCUT2D eigenvalue weighted by atomic mass is 16.3. The van der Waals surface area contributed by atoms with Gasteiger partial charge in [0.15, 0.2) is 0 Å². The van der Waals surface area contributed by atoms with E-state index >= 15 is 0 Å². The molecule has 0 spiro atoms. The molecule has 0 aromatic heterocycles. The van der Waals surface area contributed by atoms with Gasteiger partial charge in [-0.1, -0.05) is 30.3 Å². The monoisotopic (exact) mass is 231 g/mol. The first-order valence-corrected chi connectivity index (χ1v) is 6.76. The molecule has 1 aliphatic carbocycles. The highest BCUT2D eigenvalue weighted by Gasteiger charge is 2.41. The van der Waals surface area contributed by atoms with Gasteiger partial charge in [-0.3, -0.25) is 4.90 Å². The molecular weight excluding hydrogens is 210 g/mol. The molecule has 1 aromatic rings. The number of hydrogen-bond donors (Lipinski definition) is 1. The quantitative estimate of drug-likeness (QED) is 0.859. The van der Waals surface area contributed by atoms with E-state index in [2.05, 4.69) is 29.2 Å². The number of likely N-dealkylation sites (tertiary alicyclic amines) is 1. The van der Waals surface area contributed by atoms with Gasteiger partial charge >= 0.3 is 0 Å². The number of aryl methyl sites for hydroxylation is 1. The molecule has 17 heavy (non-hydrogen) atoms. The van der Waals surface area contributed by atoms with Crippen molar-refractivity contribution in [2.24, 2.45) is 0 Å². The fraction of sp³-hybridized carbons (Fsp3) is 0.600. The molecule has 92 valence electrons. The Labute approximate surface area is 103 Å². The zero-order valence-electron chi connectivity index (χ0n) is 10.3. The van der Waals surface area contributed by atoms with Crippen LogP contribution in [0.2, 0.25) is 0 Å². The highest BCUT2D eigenvalue weighted by molar-refractivity contribution is 5.15. The summed E-state index contributed by atoms with van der Waals surface area (Å²) < 4.78 is 0. The zero-order valence-corrected chi connectivity index (χ0v) is 10.3. The van der Waals surface area contributed by atoms with Gasteiger partial charge in [0.2, 0.25) is 0 Å². The third-order valence-corrected chi connectivity index (χ3v) is 4.15. The van der Waals surface area contributed by atoms with E-state index in [0.29, 0.717) is 0 Å². The van der Waals surface area contributed by atoms with Crippen LogP contribution in [0.4, 0.5) is 0 Å². The molecule has 2 aliphatic rings. The normalized spacial score (nSPS) is 29.7. The van der Waals surface area contributed by atoms with Crippen LogP contribution in [0, 0.1) is 0 Å². The minimum atomic E-state index is -0.432. The van der Waals surface area contributed by atoms with Gasteiger partial charge < -0.3 is 5.11 Å². The van der Waals surface area contributed by atoms with Crippen LogP contribution < -0.4 is 0 Å². The molecule has 1 saturated heterocycles. The molecule has 1 N–H and O–H groups in total. The summed E-state index contributed by atoms with van der Waals surface area (Å²) in [6, 6.07) is 11.3. The molecule has 1 aliphatic heterocycles. The van der Waals surface area contributed by atoms with E-state index in [1.807, 2.05) is 6.07 Å². The van der Waals surface area contributed by atoms with Crippen LogP contribution in [0.15, 0.2) is 30.3 Å². The molecular formula is C15H21NO. The SMILES string of the molecule is OC1(CCc2ccccc2)CCN(C2CC2)C1. The Kier molecular flexibility index (Phi) is 2.93. The van der Waals surface area contributed by atoms with Gasteiger partial charge in [0.25, 0.3) is 0 Å². The van der Waals surface area contributed by atoms with E-state index in [4.69, 9.17) is 0 Å². The van der Waals surface area contributed by atoms with Gasteiger partial charge in [0.1, 0.15) is 0 Å². The van der Waals surface area contributed by atoms with Gasteiger partial charge in [0, 0.05) is 19.1 Å². The van der Waals surface area contributed by atoms with Crippen LogP contribution in [-0.2, 0) is 6.42 Å². The fourth-order valence-electron chi connectivity index (χ4n) is 2.86. The summed E-state index contributed by atoms with van der Waals surface area (Å²) >= 11 is 0. The summed E-state index contributed by atoms with van der Waals surface area (Å²) in [5, 5.41) is 10.6. The first-order valence-electron chi connectivity index (χ1n) is 6.76. The smallest absolute Gasteiger partial charge is 0.0789 e. The van der Waals surface area contributed by atoms with Gasteiger partial charge in [0.05, 0.1) is 5.60 Å². The van der Waals surface area contributed by atoms with Gasteiger partial charge in [-0.15, -0.1) is 0 Å². The summed E-state index contributed by atoms with van der Waals surface area (Å²) in [7, 11) is 0. The maximum atomic E-state index is 10.6. The molecule has 0 bridgehead atoms. The summed E-state index contributed by atoms with van der Waals surface area (Å²) in [5.74, 6) is 0. The lowest BCUT2D eigenvalue weighted by Crippen LogP contribution is -2.34. The minimum absolute atomic E-state index is 0.432. The van der Waals surface area contributed by atoms with Gasteiger partial charge in [-0.25, -0.2) is 0 Å².